The van der Waals surface area contributed by atoms with Crippen LogP contribution in [0.1, 0.15) is 129 Å². The summed E-state index contributed by atoms with van der Waals surface area (Å²) < 4.78 is 10.1. The van der Waals surface area contributed by atoms with E-state index in [1.54, 1.807) is 18.2 Å². The van der Waals surface area contributed by atoms with Gasteiger partial charge in [-0.15, -0.1) is 11.8 Å². The molecule has 6 atom stereocenters. The number of carboxylic acids is 3. The van der Waals surface area contributed by atoms with Crippen molar-refractivity contribution in [1.82, 2.24) is 10.6 Å². The number of rotatable bonds is 38. The van der Waals surface area contributed by atoms with Crippen LogP contribution in [-0.4, -0.2) is 111 Å². The molecule has 376 valence electrons. The van der Waals surface area contributed by atoms with Gasteiger partial charge in [-0.2, -0.15) is 0 Å². The maximum Gasteiger partial charge on any atom is 0.322 e. The quantitative estimate of drug-likeness (QED) is 0.0102. The third kappa shape index (κ3) is 38.7. The summed E-state index contributed by atoms with van der Waals surface area (Å²) in [6.07, 6.45) is 45.2. The van der Waals surface area contributed by atoms with Crippen LogP contribution < -0.4 is 16.4 Å². The van der Waals surface area contributed by atoms with Crippen molar-refractivity contribution in [2.24, 2.45) is 5.73 Å². The van der Waals surface area contributed by atoms with Gasteiger partial charge in [-0.1, -0.05) is 137 Å². The predicted octanol–water partition coefficient (Wildman–Crippen LogP) is 8.07. The number of nitrogens with one attached hydrogen (secondary N) is 2. The zero-order chi connectivity index (χ0) is 49.9. The SMILES string of the molecule is CCCCC/C=C\C\C=C/C=C/C=C/[C@@H](SC[C@H](NC(=O)CC[C@H](N)C(=O)O)C(=O)NCC(=O)O)[C@@H](O)CCCC(=O)O.CCCCC/C=C\C\C=C/C=C/C=C/[C@@H]1O[C@H]1CCCC(=O)OC. The van der Waals surface area contributed by atoms with Crippen LogP contribution in [0, 0.1) is 0 Å². The van der Waals surface area contributed by atoms with Crippen LogP contribution in [0.25, 0.3) is 0 Å². The number of hydrogen-bond acceptors (Lipinski definition) is 11. The van der Waals surface area contributed by atoms with Crippen molar-refractivity contribution in [2.45, 2.75) is 165 Å². The lowest BCUT2D eigenvalue weighted by Crippen LogP contribution is -2.50. The molecule has 16 heteroatoms. The Hall–Kier alpha value is -5.03. The second-order valence-electron chi connectivity index (χ2n) is 15.8. The molecule has 1 aliphatic rings. The molecule has 2 amide bonds. The number of unbranched alkanes of at least 4 members (excludes halogenated alkanes) is 6. The number of epoxide rings is 1. The van der Waals surface area contributed by atoms with Crippen molar-refractivity contribution in [3.63, 3.8) is 0 Å². The number of thioether (sulfide) groups is 1. The third-order valence-electron chi connectivity index (χ3n) is 9.88. The summed E-state index contributed by atoms with van der Waals surface area (Å²) in [5.41, 5.74) is 5.43. The van der Waals surface area contributed by atoms with E-state index in [2.05, 4.69) is 71.8 Å². The normalized spacial score (nSPS) is 16.9. The first-order valence-electron chi connectivity index (χ1n) is 23.6. The number of ether oxygens (including phenoxy) is 2. The Labute approximate surface area is 402 Å². The lowest BCUT2D eigenvalue weighted by molar-refractivity contribution is -0.141. The van der Waals surface area contributed by atoms with Crippen molar-refractivity contribution < 1.29 is 58.7 Å². The van der Waals surface area contributed by atoms with Gasteiger partial charge in [0, 0.05) is 30.3 Å². The number of aliphatic hydroxyl groups excluding tert-OH is 1. The van der Waals surface area contributed by atoms with Gasteiger partial charge in [-0.3, -0.25) is 28.8 Å². The molecule has 1 heterocycles. The van der Waals surface area contributed by atoms with Gasteiger partial charge in [0.15, 0.2) is 0 Å². The zero-order valence-corrected chi connectivity index (χ0v) is 40.7. The highest BCUT2D eigenvalue weighted by Crippen LogP contribution is 2.28. The van der Waals surface area contributed by atoms with Gasteiger partial charge in [0.2, 0.25) is 11.8 Å². The molecule has 1 rings (SSSR count). The molecule has 0 aromatic heterocycles. The van der Waals surface area contributed by atoms with Crippen molar-refractivity contribution in [3.8, 4) is 0 Å². The molecule has 1 aliphatic heterocycles. The van der Waals surface area contributed by atoms with Gasteiger partial charge in [0.25, 0.3) is 0 Å². The number of carbonyl (C=O) groups is 6. The number of esters is 1. The molecule has 15 nitrogen and oxygen atoms in total. The van der Waals surface area contributed by atoms with Crippen molar-refractivity contribution in [2.75, 3.05) is 19.4 Å². The van der Waals surface area contributed by atoms with Gasteiger partial charge in [0.1, 0.15) is 24.7 Å². The second kappa shape index (κ2) is 42.3. The number of aliphatic hydroxyl groups is 1. The first-order valence-corrected chi connectivity index (χ1v) is 24.6. The Morgan fingerprint density at radius 3 is 1.90 bits per heavy atom. The second-order valence-corrected chi connectivity index (χ2v) is 17.0. The van der Waals surface area contributed by atoms with E-state index in [0.717, 1.165) is 43.9 Å². The van der Waals surface area contributed by atoms with Gasteiger partial charge in [-0.05, 0) is 70.6 Å². The Morgan fingerprint density at radius 1 is 0.716 bits per heavy atom. The number of methoxy groups -OCH3 is 1. The minimum absolute atomic E-state index is 0.0542. The maximum atomic E-state index is 12.6. The molecule has 0 saturated carbocycles. The molecule has 67 heavy (non-hydrogen) atoms. The predicted molar refractivity (Wildman–Crippen MR) is 266 cm³/mol. The summed E-state index contributed by atoms with van der Waals surface area (Å²) in [7, 11) is 1.42. The average molecular weight is 958 g/mol. The van der Waals surface area contributed by atoms with E-state index < -0.39 is 59.7 Å². The van der Waals surface area contributed by atoms with Gasteiger partial charge >= 0.3 is 23.9 Å². The molecule has 8 N–H and O–H groups in total. The lowest BCUT2D eigenvalue weighted by atomic mass is 10.1. The summed E-state index contributed by atoms with van der Waals surface area (Å²) in [5, 5.41) is 41.6. The van der Waals surface area contributed by atoms with Crippen LogP contribution in [0.5, 0.6) is 0 Å². The third-order valence-corrected chi connectivity index (χ3v) is 11.3. The topological polar surface area (TPSA) is 255 Å². The van der Waals surface area contributed by atoms with Crippen LogP contribution in [0.4, 0.5) is 0 Å². The monoisotopic (exact) mass is 958 g/mol. The van der Waals surface area contributed by atoms with E-state index in [-0.39, 0.29) is 56.0 Å². The number of allylic oxidation sites excluding steroid dienone is 14. The first kappa shape index (κ1) is 62.0. The number of hydrogen-bond donors (Lipinski definition) is 7. The highest BCUT2D eigenvalue weighted by atomic mass is 32.2. The molecule has 1 fully saturated rings. The van der Waals surface area contributed by atoms with Crippen LogP contribution in [0.15, 0.2) is 97.2 Å². The fraction of sp³-hybridized carbons (Fsp3) is 0.569. The summed E-state index contributed by atoms with van der Waals surface area (Å²) in [5.74, 6) is -5.15. The molecule has 0 radical (unpaired) electrons. The molecule has 0 bridgehead atoms. The Morgan fingerprint density at radius 2 is 1.33 bits per heavy atom. The molecular formula is C51H79N3O12S. The van der Waals surface area contributed by atoms with E-state index >= 15 is 0 Å². The summed E-state index contributed by atoms with van der Waals surface area (Å²) in [6, 6.07) is -2.45. The van der Waals surface area contributed by atoms with Crippen LogP contribution in [0.3, 0.4) is 0 Å². The fourth-order valence-electron chi connectivity index (χ4n) is 5.91. The van der Waals surface area contributed by atoms with Gasteiger partial charge in [-0.25, -0.2) is 0 Å². The highest BCUT2D eigenvalue weighted by molar-refractivity contribution is 8.00. The number of aliphatic carboxylic acids is 3. The van der Waals surface area contributed by atoms with Crippen LogP contribution in [0.2, 0.25) is 0 Å². The minimum atomic E-state index is -1.28. The van der Waals surface area contributed by atoms with E-state index in [4.69, 9.17) is 25.8 Å². The van der Waals surface area contributed by atoms with E-state index in [0.29, 0.717) is 6.42 Å². The van der Waals surface area contributed by atoms with E-state index in [1.165, 1.54) is 52.1 Å². The molecule has 0 spiro atoms. The smallest absolute Gasteiger partial charge is 0.322 e. The van der Waals surface area contributed by atoms with Crippen LogP contribution in [-0.2, 0) is 38.2 Å². The average Bonchev–Trinajstić information content (AvgIpc) is 4.05. The number of amides is 2. The maximum absolute atomic E-state index is 12.6. The van der Waals surface area contributed by atoms with Gasteiger partial charge < -0.3 is 46.3 Å². The molecule has 0 unspecified atom stereocenters. The molecule has 0 aromatic rings. The number of carbonyl (C=O) groups excluding carboxylic acids is 3. The highest BCUT2D eigenvalue weighted by Gasteiger charge is 2.35. The first-order chi connectivity index (χ1) is 32.2. The summed E-state index contributed by atoms with van der Waals surface area (Å²) >= 11 is 1.13. The minimum Gasteiger partial charge on any atom is -0.481 e. The molecule has 1 saturated heterocycles. The number of nitrogens with two attached hydrogens (primary N) is 1. The number of carboxylic acid groups (broad SMARTS) is 3. The lowest BCUT2D eigenvalue weighted by Gasteiger charge is -2.23. The Balaban J connectivity index is 0.00000152. The van der Waals surface area contributed by atoms with Crippen molar-refractivity contribution >= 4 is 47.5 Å². The van der Waals surface area contributed by atoms with E-state index in [9.17, 15) is 33.9 Å². The standard InChI is InChI=1S/C30H47N3O9S.C21H32O3/c1-2-3-4-5-6-7-8-9-10-11-12-13-16-25(24(34)15-14-17-27(36)37)43-21-23(29(40)32-20-28(38)39)33-26(35)19-18-22(31)30(41)42;1-3-4-5-6-7-8-9-10-11-12-13-14-16-19-20(24-19)17-15-18-21(22)23-2/h6-7,9-13,16,22-25,34H,2-5,8,14-15,17-21,31H2,1H3,(H,32,40)(H,33,35)(H,36,37)(H,38,39)(H,41,42);7-8,10-14,16,19-20H,3-6,9,15,17-18H2,1-2H3/b7-6-,10-9-,12-11+,16-13+;8-7-,11-10-,13-12+,16-14+/t22-,23-,24-,25+;19-,20-/m00/s1. The van der Waals surface area contributed by atoms with Crippen molar-refractivity contribution in [3.05, 3.63) is 97.2 Å². The zero-order valence-electron chi connectivity index (χ0n) is 39.9. The van der Waals surface area contributed by atoms with Gasteiger partial charge in [0.05, 0.1) is 19.3 Å². The molecule has 0 aromatic carbocycles. The molecule has 0 aliphatic carbocycles. The Bertz CT molecular complexity index is 1650. The Kier molecular flexibility index (Phi) is 39.2. The fourth-order valence-corrected chi connectivity index (χ4v) is 7.12. The summed E-state index contributed by atoms with van der Waals surface area (Å²) in [6.45, 7) is 3.72. The van der Waals surface area contributed by atoms with E-state index in [1.807, 2.05) is 36.5 Å². The van der Waals surface area contributed by atoms with Crippen molar-refractivity contribution in [1.29, 1.82) is 0 Å². The van der Waals surface area contributed by atoms with Crippen LogP contribution >= 0.6 is 11.8 Å². The largest absolute Gasteiger partial charge is 0.481 e. The summed E-state index contributed by atoms with van der Waals surface area (Å²) in [4.78, 5) is 68.8. The molecular weight excluding hydrogens is 879 g/mol.